The summed E-state index contributed by atoms with van der Waals surface area (Å²) in [5.74, 6) is 0.407. The number of esters is 1. The number of rotatable bonds is 4. The number of hydrogen-bond acceptors (Lipinski definition) is 4. The summed E-state index contributed by atoms with van der Waals surface area (Å²) in [7, 11) is 0. The lowest BCUT2D eigenvalue weighted by molar-refractivity contribution is 0.0517. The SMILES string of the molecule is CCOC(=O)c1nn(CC(C)C)c(N)c1Br. The number of hydrogen-bond donors (Lipinski definition) is 1. The molecule has 1 rings (SSSR count). The topological polar surface area (TPSA) is 70.1 Å². The van der Waals surface area contributed by atoms with Crippen LogP contribution in [0.15, 0.2) is 4.47 Å². The van der Waals surface area contributed by atoms with E-state index in [4.69, 9.17) is 10.5 Å². The number of nitrogens with zero attached hydrogens (tertiary/aromatic N) is 2. The average molecular weight is 290 g/mol. The van der Waals surface area contributed by atoms with E-state index in [-0.39, 0.29) is 5.69 Å². The molecule has 6 heteroatoms. The first kappa shape index (κ1) is 13.0. The maximum absolute atomic E-state index is 11.5. The molecule has 0 fully saturated rings. The fraction of sp³-hybridized carbons (Fsp3) is 0.600. The molecule has 0 saturated carbocycles. The lowest BCUT2D eigenvalue weighted by atomic mass is 10.2. The molecule has 0 aliphatic carbocycles. The molecule has 0 unspecified atom stereocenters. The summed E-state index contributed by atoms with van der Waals surface area (Å²) in [5, 5.41) is 4.14. The van der Waals surface area contributed by atoms with Gasteiger partial charge in [-0.15, -0.1) is 0 Å². The predicted molar refractivity (Wildman–Crippen MR) is 65.1 cm³/mol. The summed E-state index contributed by atoms with van der Waals surface area (Å²) < 4.78 is 7.00. The minimum Gasteiger partial charge on any atom is -0.461 e. The Morgan fingerprint density at radius 2 is 2.25 bits per heavy atom. The highest BCUT2D eigenvalue weighted by Crippen LogP contribution is 2.25. The van der Waals surface area contributed by atoms with Crippen molar-refractivity contribution in [1.82, 2.24) is 9.78 Å². The van der Waals surface area contributed by atoms with Crippen molar-refractivity contribution in [2.24, 2.45) is 5.92 Å². The van der Waals surface area contributed by atoms with Crippen LogP contribution in [0.4, 0.5) is 5.82 Å². The van der Waals surface area contributed by atoms with Crippen molar-refractivity contribution in [3.8, 4) is 0 Å². The molecule has 0 aliphatic rings. The van der Waals surface area contributed by atoms with E-state index < -0.39 is 5.97 Å². The minimum absolute atomic E-state index is 0.236. The molecule has 0 amide bonds. The molecule has 0 spiro atoms. The Morgan fingerprint density at radius 3 is 2.75 bits per heavy atom. The lowest BCUT2D eigenvalue weighted by Gasteiger charge is -2.06. The van der Waals surface area contributed by atoms with Gasteiger partial charge < -0.3 is 10.5 Å². The molecule has 1 heterocycles. The number of carbonyl (C=O) groups is 1. The molecule has 0 atom stereocenters. The van der Waals surface area contributed by atoms with Crippen molar-refractivity contribution in [2.45, 2.75) is 27.3 Å². The standard InChI is InChI=1S/C10H16BrN3O2/c1-4-16-10(15)8-7(11)9(12)14(13-8)5-6(2)3/h6H,4-5,12H2,1-3H3. The largest absolute Gasteiger partial charge is 0.461 e. The summed E-state index contributed by atoms with van der Waals surface area (Å²) >= 11 is 3.25. The van der Waals surface area contributed by atoms with E-state index in [2.05, 4.69) is 34.9 Å². The third-order valence-electron chi connectivity index (χ3n) is 1.94. The number of nitrogen functional groups attached to an aromatic ring is 1. The zero-order valence-corrected chi connectivity index (χ0v) is 11.2. The van der Waals surface area contributed by atoms with Gasteiger partial charge >= 0.3 is 5.97 Å². The summed E-state index contributed by atoms with van der Waals surface area (Å²) in [4.78, 5) is 11.5. The molecule has 5 nitrogen and oxygen atoms in total. The van der Waals surface area contributed by atoms with Gasteiger partial charge in [-0.3, -0.25) is 0 Å². The summed E-state index contributed by atoms with van der Waals surface area (Å²) in [6, 6.07) is 0. The third kappa shape index (κ3) is 2.75. The fourth-order valence-electron chi connectivity index (χ4n) is 1.27. The monoisotopic (exact) mass is 289 g/mol. The summed E-state index contributed by atoms with van der Waals surface area (Å²) in [5.41, 5.74) is 6.07. The van der Waals surface area contributed by atoms with Crippen LogP contribution in [0.2, 0.25) is 0 Å². The molecular weight excluding hydrogens is 274 g/mol. The van der Waals surface area contributed by atoms with Gasteiger partial charge in [0.25, 0.3) is 0 Å². The number of halogens is 1. The normalized spacial score (nSPS) is 10.8. The molecule has 1 aromatic heterocycles. The van der Waals surface area contributed by atoms with E-state index in [1.807, 2.05) is 0 Å². The van der Waals surface area contributed by atoms with Crippen LogP contribution in [0.25, 0.3) is 0 Å². The van der Waals surface area contributed by atoms with Crippen LogP contribution in [-0.4, -0.2) is 22.4 Å². The highest BCUT2D eigenvalue weighted by atomic mass is 79.9. The average Bonchev–Trinajstić information content (AvgIpc) is 2.46. The van der Waals surface area contributed by atoms with Crippen LogP contribution in [-0.2, 0) is 11.3 Å². The highest BCUT2D eigenvalue weighted by Gasteiger charge is 2.20. The molecule has 0 saturated heterocycles. The van der Waals surface area contributed by atoms with Crippen molar-refractivity contribution in [1.29, 1.82) is 0 Å². The number of anilines is 1. The summed E-state index contributed by atoms with van der Waals surface area (Å²) in [6.45, 7) is 6.85. The molecule has 90 valence electrons. The maximum atomic E-state index is 11.5. The van der Waals surface area contributed by atoms with Crippen LogP contribution < -0.4 is 5.73 Å². The van der Waals surface area contributed by atoms with Crippen molar-refractivity contribution in [3.05, 3.63) is 10.2 Å². The Hall–Kier alpha value is -1.04. The molecule has 0 radical (unpaired) electrons. The second kappa shape index (κ2) is 5.34. The van der Waals surface area contributed by atoms with Crippen LogP contribution in [0.5, 0.6) is 0 Å². The van der Waals surface area contributed by atoms with E-state index in [0.717, 1.165) is 0 Å². The Labute approximate surface area is 103 Å². The molecule has 16 heavy (non-hydrogen) atoms. The molecule has 2 N–H and O–H groups in total. The van der Waals surface area contributed by atoms with Crippen molar-refractivity contribution in [2.75, 3.05) is 12.3 Å². The number of aromatic nitrogens is 2. The Morgan fingerprint density at radius 1 is 1.62 bits per heavy atom. The van der Waals surface area contributed by atoms with Crippen molar-refractivity contribution >= 4 is 27.7 Å². The first-order valence-electron chi connectivity index (χ1n) is 5.16. The van der Waals surface area contributed by atoms with Gasteiger partial charge in [0.2, 0.25) is 0 Å². The first-order valence-corrected chi connectivity index (χ1v) is 5.95. The zero-order chi connectivity index (χ0) is 12.3. The smallest absolute Gasteiger partial charge is 0.360 e. The Kier molecular flexibility index (Phi) is 4.35. The molecule has 0 bridgehead atoms. The quantitative estimate of drug-likeness (QED) is 0.862. The van der Waals surface area contributed by atoms with E-state index >= 15 is 0 Å². The second-order valence-electron chi connectivity index (χ2n) is 3.84. The molecule has 1 aromatic rings. The number of carbonyl (C=O) groups excluding carboxylic acids is 1. The molecular formula is C10H16BrN3O2. The summed E-state index contributed by atoms with van der Waals surface area (Å²) in [6.07, 6.45) is 0. The van der Waals surface area contributed by atoms with Gasteiger partial charge in [-0.2, -0.15) is 5.10 Å². The van der Waals surface area contributed by atoms with Crippen LogP contribution in [0, 0.1) is 5.92 Å². The van der Waals surface area contributed by atoms with Gasteiger partial charge in [0.1, 0.15) is 5.82 Å². The van der Waals surface area contributed by atoms with E-state index in [0.29, 0.717) is 29.4 Å². The third-order valence-corrected chi connectivity index (χ3v) is 2.72. The fourth-order valence-corrected chi connectivity index (χ4v) is 1.71. The lowest BCUT2D eigenvalue weighted by Crippen LogP contribution is -2.11. The van der Waals surface area contributed by atoms with Gasteiger partial charge in [0, 0.05) is 6.54 Å². The highest BCUT2D eigenvalue weighted by molar-refractivity contribution is 9.10. The van der Waals surface area contributed by atoms with Gasteiger partial charge in [0.15, 0.2) is 5.69 Å². The number of nitrogens with two attached hydrogens (primary N) is 1. The van der Waals surface area contributed by atoms with Crippen LogP contribution >= 0.6 is 15.9 Å². The molecule has 0 aliphatic heterocycles. The van der Waals surface area contributed by atoms with Crippen LogP contribution in [0.1, 0.15) is 31.3 Å². The van der Waals surface area contributed by atoms with Gasteiger partial charge in [-0.1, -0.05) is 13.8 Å². The van der Waals surface area contributed by atoms with Gasteiger partial charge in [-0.25, -0.2) is 9.48 Å². The minimum atomic E-state index is -0.455. The van der Waals surface area contributed by atoms with E-state index in [1.54, 1.807) is 11.6 Å². The van der Waals surface area contributed by atoms with Crippen molar-refractivity contribution in [3.63, 3.8) is 0 Å². The van der Waals surface area contributed by atoms with Crippen LogP contribution in [0.3, 0.4) is 0 Å². The van der Waals surface area contributed by atoms with Gasteiger partial charge in [0.05, 0.1) is 11.1 Å². The zero-order valence-electron chi connectivity index (χ0n) is 9.66. The Balaban J connectivity index is 2.99. The van der Waals surface area contributed by atoms with E-state index in [1.165, 1.54) is 0 Å². The number of ether oxygens (including phenoxy) is 1. The maximum Gasteiger partial charge on any atom is 0.360 e. The molecule has 0 aromatic carbocycles. The van der Waals surface area contributed by atoms with Gasteiger partial charge in [-0.05, 0) is 28.8 Å². The Bertz CT molecular complexity index is 388. The predicted octanol–water partition coefficient (Wildman–Crippen LogP) is 2.06. The van der Waals surface area contributed by atoms with Crippen molar-refractivity contribution < 1.29 is 9.53 Å². The first-order chi connectivity index (χ1) is 7.47. The second-order valence-corrected chi connectivity index (χ2v) is 4.64. The van der Waals surface area contributed by atoms with E-state index in [9.17, 15) is 4.79 Å².